The van der Waals surface area contributed by atoms with E-state index in [1.807, 2.05) is 0 Å². The molecular weight excluding hydrogens is 206 g/mol. The largest absolute Gasteiger partial charge is 1.00 e. The molecule has 0 rings (SSSR count). The third-order valence-electron chi connectivity index (χ3n) is 0.298. The lowest BCUT2D eigenvalue weighted by molar-refractivity contribution is -0.00000187. The molecule has 0 saturated carbocycles. The van der Waals surface area contributed by atoms with Gasteiger partial charge in [-0.05, 0) is 16.3 Å². The molecule has 0 aromatic carbocycles. The first-order valence-electron chi connectivity index (χ1n) is 2.00. The average molecular weight is 218 g/mol. The lowest BCUT2D eigenvalue weighted by Gasteiger charge is -1.83. The van der Waals surface area contributed by atoms with Gasteiger partial charge in [-0.3, -0.25) is 0 Å². The van der Waals surface area contributed by atoms with Gasteiger partial charge in [0.2, 0.25) is 0 Å². The number of nitrogens with zero attached hydrogens (tertiary/aromatic N) is 1. The molecule has 0 aromatic heterocycles. The summed E-state index contributed by atoms with van der Waals surface area (Å²) in [7, 11) is 0.292. The van der Waals surface area contributed by atoms with Crippen LogP contribution in [0.15, 0.2) is 3.77 Å². The predicted molar refractivity (Wildman–Crippen MR) is 40.9 cm³/mol. The van der Waals surface area contributed by atoms with Gasteiger partial charge in [-0.1, -0.05) is 10.7 Å². The summed E-state index contributed by atoms with van der Waals surface area (Å²) >= 11 is 0.292. The lowest BCUT2D eigenvalue weighted by atomic mass is 11.9. The lowest BCUT2D eigenvalue weighted by Crippen LogP contribution is -3.00. The van der Waals surface area contributed by atoms with Crippen LogP contribution < -0.4 is 17.0 Å². The average Bonchev–Trinajstić information content (AvgIpc) is 1.27. The first-order chi connectivity index (χ1) is 3.13. The van der Waals surface area contributed by atoms with Crippen LogP contribution in [0.4, 0.5) is 0 Å². The third-order valence-corrected chi connectivity index (χ3v) is 2.68. The van der Waals surface area contributed by atoms with Crippen LogP contribution in [0.2, 0.25) is 0 Å². The van der Waals surface area contributed by atoms with Crippen molar-refractivity contribution >= 4 is 21.8 Å². The summed E-state index contributed by atoms with van der Waals surface area (Å²) < 4.78 is 4.33. The monoisotopic (exact) mass is 217 g/mol. The van der Waals surface area contributed by atoms with Gasteiger partial charge in [0.1, 0.15) is 23.6 Å². The highest BCUT2D eigenvalue weighted by atomic mass is 79.9. The zero-order chi connectivity index (χ0) is 5.86. The zero-order valence-electron chi connectivity index (χ0n) is 5.64. The van der Waals surface area contributed by atoms with Crippen molar-refractivity contribution in [2.45, 2.75) is 0 Å². The molecule has 0 heterocycles. The molecule has 0 unspecified atom stereocenters. The zero-order valence-corrected chi connectivity index (χ0v) is 8.86. The summed E-state index contributed by atoms with van der Waals surface area (Å²) in [5, 5.41) is 0. The van der Waals surface area contributed by atoms with Gasteiger partial charge in [-0.25, -0.2) is 0 Å². The Bertz CT molecular complexity index is 78.1. The minimum atomic E-state index is 0. The first kappa shape index (κ1) is 11.7. The topological polar surface area (TPSA) is 12.4 Å². The van der Waals surface area contributed by atoms with E-state index in [0.717, 1.165) is 0 Å². The highest BCUT2D eigenvalue weighted by molar-refractivity contribution is 8.02. The predicted octanol–water partition coefficient (Wildman–Crippen LogP) is -2.16. The van der Waals surface area contributed by atoms with Crippen molar-refractivity contribution < 1.29 is 17.0 Å². The van der Waals surface area contributed by atoms with Crippen molar-refractivity contribution in [3.05, 3.63) is 0 Å². The van der Waals surface area contributed by atoms with Gasteiger partial charge in [0, 0.05) is 0 Å². The Morgan fingerprint density at radius 1 is 1.25 bits per heavy atom. The van der Waals surface area contributed by atoms with Crippen LogP contribution in [-0.2, 0) is 21.8 Å². The van der Waals surface area contributed by atoms with Crippen molar-refractivity contribution in [3.63, 3.8) is 0 Å². The van der Waals surface area contributed by atoms with Gasteiger partial charge >= 0.3 is 0 Å². The summed E-state index contributed by atoms with van der Waals surface area (Å²) in [5.41, 5.74) is 0. The van der Waals surface area contributed by atoms with Crippen LogP contribution in [0.25, 0.3) is 0 Å². The summed E-state index contributed by atoms with van der Waals surface area (Å²) in [6.45, 7) is 0. The molecule has 0 aliphatic rings. The van der Waals surface area contributed by atoms with Crippen molar-refractivity contribution in [1.82, 2.24) is 0 Å². The minimum absolute atomic E-state index is 0. The van der Waals surface area contributed by atoms with E-state index in [1.165, 1.54) is 0 Å². The van der Waals surface area contributed by atoms with Crippen LogP contribution in [-0.4, -0.2) is 25.0 Å². The maximum Gasteiger partial charge on any atom is 0.128 e. The number of rotatable bonds is 1. The molecule has 0 spiro atoms. The van der Waals surface area contributed by atoms with Crippen LogP contribution >= 0.6 is 0 Å². The highest BCUT2D eigenvalue weighted by Gasteiger charge is 1.93. The minimum Gasteiger partial charge on any atom is -1.00 e. The Morgan fingerprint density at radius 2 is 1.62 bits per heavy atom. The van der Waals surface area contributed by atoms with Gasteiger partial charge in [-0.15, -0.1) is 0 Å². The van der Waals surface area contributed by atoms with Crippen molar-refractivity contribution in [1.29, 1.82) is 0 Å². The molecule has 0 aromatic rings. The van der Waals surface area contributed by atoms with E-state index < -0.39 is 0 Å². The van der Waals surface area contributed by atoms with Gasteiger partial charge in [0.15, 0.2) is 0 Å². The normalized spacial score (nSPS) is 9.25. The molecule has 0 amide bonds. The van der Waals surface area contributed by atoms with Gasteiger partial charge in [-0.2, -0.15) is 0 Å². The summed E-state index contributed by atoms with van der Waals surface area (Å²) in [4.78, 5) is 0. The SMILES string of the molecule is CS(C)=N[S+](C)C.[Br-]. The van der Waals surface area contributed by atoms with E-state index in [-0.39, 0.29) is 17.0 Å². The van der Waals surface area contributed by atoms with E-state index in [4.69, 9.17) is 0 Å². The number of halogens is 1. The van der Waals surface area contributed by atoms with Gasteiger partial charge in [0.05, 0.1) is 0 Å². The maximum absolute atomic E-state index is 4.33. The van der Waals surface area contributed by atoms with Crippen LogP contribution in [0.1, 0.15) is 0 Å². The molecule has 0 bridgehead atoms. The van der Waals surface area contributed by atoms with E-state index in [9.17, 15) is 0 Å². The Labute approximate surface area is 67.6 Å². The van der Waals surface area contributed by atoms with Crippen molar-refractivity contribution in [3.8, 4) is 0 Å². The summed E-state index contributed by atoms with van der Waals surface area (Å²) in [5.74, 6) is 0. The van der Waals surface area contributed by atoms with Crippen LogP contribution in [0.5, 0.6) is 0 Å². The molecule has 8 heavy (non-hydrogen) atoms. The Hall–Kier alpha value is 0.980. The van der Waals surface area contributed by atoms with Crippen LogP contribution in [0.3, 0.4) is 0 Å². The second-order valence-electron chi connectivity index (χ2n) is 1.62. The molecular formula is C4H12BrNS2. The smallest absolute Gasteiger partial charge is 0.128 e. The Kier molecular flexibility index (Phi) is 8.96. The van der Waals surface area contributed by atoms with E-state index in [0.29, 0.717) is 21.8 Å². The van der Waals surface area contributed by atoms with Gasteiger partial charge in [0.25, 0.3) is 0 Å². The Morgan fingerprint density at radius 3 is 1.62 bits per heavy atom. The van der Waals surface area contributed by atoms with Crippen LogP contribution in [0, 0.1) is 0 Å². The highest BCUT2D eigenvalue weighted by Crippen LogP contribution is 1.86. The molecule has 1 nitrogen and oxygen atoms in total. The first-order valence-corrected chi connectivity index (χ1v) is 5.99. The molecule has 0 atom stereocenters. The standard InChI is InChI=1S/C4H12NS2.BrH/c1-6(2)5-7(3)4;/h1-4H3;1H/q+1;/p-1. The number of hydrogen-bond acceptors (Lipinski definition) is 1. The maximum atomic E-state index is 4.33. The fourth-order valence-electron chi connectivity index (χ4n) is 0.298. The molecule has 52 valence electrons. The molecule has 0 saturated heterocycles. The fraction of sp³-hybridized carbons (Fsp3) is 1.00. The molecule has 0 fully saturated rings. The summed E-state index contributed by atoms with van der Waals surface area (Å²) in [6, 6.07) is 0. The molecule has 0 aliphatic heterocycles. The quantitative estimate of drug-likeness (QED) is 0.445. The summed E-state index contributed by atoms with van der Waals surface area (Å²) in [6.07, 6.45) is 8.53. The molecule has 0 radical (unpaired) electrons. The van der Waals surface area contributed by atoms with E-state index >= 15 is 0 Å². The second-order valence-corrected chi connectivity index (χ2v) is 5.31. The molecule has 4 heteroatoms. The molecule has 0 N–H and O–H groups in total. The van der Waals surface area contributed by atoms with E-state index in [2.05, 4.69) is 28.8 Å². The molecule has 0 aliphatic carbocycles. The Balaban J connectivity index is 0. The van der Waals surface area contributed by atoms with Gasteiger partial charge < -0.3 is 17.0 Å². The third kappa shape index (κ3) is 10.1. The van der Waals surface area contributed by atoms with Crippen molar-refractivity contribution in [2.75, 3.05) is 25.0 Å². The van der Waals surface area contributed by atoms with Crippen molar-refractivity contribution in [2.24, 2.45) is 3.77 Å². The second kappa shape index (κ2) is 6.11. The van der Waals surface area contributed by atoms with E-state index in [1.54, 1.807) is 0 Å². The fourth-order valence-corrected chi connectivity index (χ4v) is 2.68. The number of hydrogen-bond donors (Lipinski definition) is 0.